The van der Waals surface area contributed by atoms with Gasteiger partial charge in [-0.1, -0.05) is 0 Å². The zero-order chi connectivity index (χ0) is 15.7. The molecule has 0 heterocycles. The number of ether oxygens (including phenoxy) is 1. The van der Waals surface area contributed by atoms with Gasteiger partial charge in [-0.25, -0.2) is 17.6 Å². The molecule has 2 N–H and O–H groups in total. The van der Waals surface area contributed by atoms with E-state index >= 15 is 0 Å². The molecule has 1 aromatic rings. The van der Waals surface area contributed by atoms with Crippen molar-refractivity contribution >= 4 is 21.7 Å². The van der Waals surface area contributed by atoms with Crippen molar-refractivity contribution in [1.82, 2.24) is 0 Å². The van der Waals surface area contributed by atoms with Crippen LogP contribution >= 0.6 is 0 Å². The van der Waals surface area contributed by atoms with E-state index in [4.69, 9.17) is 4.55 Å². The molecule has 1 aromatic carbocycles. The van der Waals surface area contributed by atoms with Gasteiger partial charge >= 0.3 is 10.1 Å². The number of benzene rings is 1. The second-order valence-electron chi connectivity index (χ2n) is 3.42. The maximum atomic E-state index is 13.4. The lowest BCUT2D eigenvalue weighted by Crippen LogP contribution is -2.21. The molecule has 1 amide bonds. The first-order valence-electron chi connectivity index (χ1n) is 4.73. The van der Waals surface area contributed by atoms with E-state index in [0.717, 1.165) is 7.11 Å². The standard InChI is InChI=1S/C9H7F4NO5S/c1-19-2-3(15)14-8-4(10)6(12)9(20(16,17)18)7(13)5(8)11/h2H2,1H3,(H,14,15)(H,16,17,18). The van der Waals surface area contributed by atoms with E-state index in [1.165, 1.54) is 5.32 Å². The fraction of sp³-hybridized carbons (Fsp3) is 0.222. The molecule has 112 valence electrons. The SMILES string of the molecule is COCC(=O)Nc1c(F)c(F)c(S(=O)(=O)O)c(F)c1F. The van der Waals surface area contributed by atoms with Crippen molar-refractivity contribution in [3.8, 4) is 0 Å². The normalized spacial score (nSPS) is 11.5. The number of carbonyl (C=O) groups excluding carboxylic acids is 1. The second-order valence-corrected chi connectivity index (χ2v) is 4.77. The Labute approximate surface area is 110 Å². The number of hydrogen-bond acceptors (Lipinski definition) is 4. The summed E-state index contributed by atoms with van der Waals surface area (Å²) in [5.74, 6) is -10.2. The third-order valence-electron chi connectivity index (χ3n) is 2.02. The minimum absolute atomic E-state index is 0.665. The van der Waals surface area contributed by atoms with Gasteiger partial charge in [0.15, 0.2) is 28.2 Å². The molecule has 11 heteroatoms. The van der Waals surface area contributed by atoms with E-state index in [-0.39, 0.29) is 0 Å². The minimum atomic E-state index is -5.53. The van der Waals surface area contributed by atoms with Gasteiger partial charge in [-0.2, -0.15) is 8.42 Å². The molecular weight excluding hydrogens is 310 g/mol. The highest BCUT2D eigenvalue weighted by molar-refractivity contribution is 7.85. The summed E-state index contributed by atoms with van der Waals surface area (Å²) in [6.45, 7) is -0.665. The number of carbonyl (C=O) groups is 1. The van der Waals surface area contributed by atoms with Gasteiger partial charge in [0.05, 0.1) is 0 Å². The summed E-state index contributed by atoms with van der Waals surface area (Å²) in [4.78, 5) is 8.86. The molecule has 0 aliphatic heterocycles. The lowest BCUT2D eigenvalue weighted by atomic mass is 10.2. The van der Waals surface area contributed by atoms with E-state index in [1.807, 2.05) is 0 Å². The van der Waals surface area contributed by atoms with Crippen molar-refractivity contribution in [2.24, 2.45) is 0 Å². The second kappa shape index (κ2) is 5.73. The zero-order valence-electron chi connectivity index (χ0n) is 9.71. The lowest BCUT2D eigenvalue weighted by Gasteiger charge is -2.11. The summed E-state index contributed by atoms with van der Waals surface area (Å²) in [6, 6.07) is 0. The number of nitrogens with one attached hydrogen (secondary N) is 1. The fourth-order valence-corrected chi connectivity index (χ4v) is 1.89. The maximum absolute atomic E-state index is 13.4. The molecular formula is C9H7F4NO5S. The fourth-order valence-electron chi connectivity index (χ4n) is 1.25. The van der Waals surface area contributed by atoms with Gasteiger partial charge in [0.25, 0.3) is 5.91 Å². The molecule has 0 saturated carbocycles. The Hall–Kier alpha value is -1.72. The maximum Gasteiger partial charge on any atom is 0.300 e. The number of hydrogen-bond donors (Lipinski definition) is 2. The Morgan fingerprint density at radius 1 is 1.15 bits per heavy atom. The number of amides is 1. The van der Waals surface area contributed by atoms with Crippen molar-refractivity contribution in [2.75, 3.05) is 19.0 Å². The first kappa shape index (κ1) is 16.3. The minimum Gasteiger partial charge on any atom is -0.375 e. The first-order chi connectivity index (χ1) is 9.11. The van der Waals surface area contributed by atoms with Gasteiger partial charge in [-0.05, 0) is 0 Å². The van der Waals surface area contributed by atoms with Crippen LogP contribution in [0.25, 0.3) is 0 Å². The highest BCUT2D eigenvalue weighted by atomic mass is 32.2. The summed E-state index contributed by atoms with van der Waals surface area (Å²) in [5.41, 5.74) is -1.53. The summed E-state index contributed by atoms with van der Waals surface area (Å²) in [6.07, 6.45) is 0. The Morgan fingerprint density at radius 2 is 1.60 bits per heavy atom. The van der Waals surface area contributed by atoms with Crippen LogP contribution in [-0.2, 0) is 19.6 Å². The van der Waals surface area contributed by atoms with Crippen LogP contribution in [0.15, 0.2) is 4.90 Å². The Balaban J connectivity index is 3.49. The van der Waals surface area contributed by atoms with Crippen LogP contribution in [0.2, 0.25) is 0 Å². The van der Waals surface area contributed by atoms with E-state index < -0.39 is 56.5 Å². The van der Waals surface area contributed by atoms with E-state index in [9.17, 15) is 30.8 Å². The molecule has 0 radical (unpaired) electrons. The smallest absolute Gasteiger partial charge is 0.300 e. The molecule has 1 rings (SSSR count). The third kappa shape index (κ3) is 3.05. The van der Waals surface area contributed by atoms with Crippen LogP contribution in [-0.4, -0.2) is 32.6 Å². The number of methoxy groups -OCH3 is 1. The van der Waals surface area contributed by atoms with Gasteiger partial charge in [0.2, 0.25) is 0 Å². The van der Waals surface area contributed by atoms with Gasteiger partial charge in [-0.3, -0.25) is 9.35 Å². The third-order valence-corrected chi connectivity index (χ3v) is 2.90. The Kier molecular flexibility index (Phi) is 4.68. The van der Waals surface area contributed by atoms with Crippen LogP contribution in [0.4, 0.5) is 23.2 Å². The Morgan fingerprint density at radius 3 is 1.95 bits per heavy atom. The monoisotopic (exact) mass is 317 g/mol. The molecule has 0 aromatic heterocycles. The summed E-state index contributed by atoms with van der Waals surface area (Å²) >= 11 is 0. The molecule has 0 unspecified atom stereocenters. The molecule has 0 aliphatic rings. The average Bonchev–Trinajstić information content (AvgIpc) is 2.31. The van der Waals surface area contributed by atoms with E-state index in [2.05, 4.69) is 4.74 Å². The lowest BCUT2D eigenvalue weighted by molar-refractivity contribution is -0.119. The quantitative estimate of drug-likeness (QED) is 0.492. The predicted molar refractivity (Wildman–Crippen MR) is 56.6 cm³/mol. The van der Waals surface area contributed by atoms with Crippen LogP contribution in [0.5, 0.6) is 0 Å². The number of halogens is 4. The van der Waals surface area contributed by atoms with Crippen LogP contribution in [0, 0.1) is 23.3 Å². The van der Waals surface area contributed by atoms with Crippen molar-refractivity contribution < 1.29 is 40.1 Å². The molecule has 20 heavy (non-hydrogen) atoms. The van der Waals surface area contributed by atoms with Gasteiger partial charge in [0, 0.05) is 7.11 Å². The molecule has 0 fully saturated rings. The average molecular weight is 317 g/mol. The van der Waals surface area contributed by atoms with Crippen LogP contribution in [0.1, 0.15) is 0 Å². The van der Waals surface area contributed by atoms with E-state index in [0.29, 0.717) is 0 Å². The van der Waals surface area contributed by atoms with Crippen molar-refractivity contribution in [2.45, 2.75) is 4.90 Å². The molecule has 0 aliphatic carbocycles. The topological polar surface area (TPSA) is 92.7 Å². The van der Waals surface area contributed by atoms with Crippen LogP contribution in [0.3, 0.4) is 0 Å². The van der Waals surface area contributed by atoms with Gasteiger partial charge in [0.1, 0.15) is 12.3 Å². The Bertz CT molecular complexity index is 632. The molecule has 0 spiro atoms. The summed E-state index contributed by atoms with van der Waals surface area (Å²) in [7, 11) is -4.45. The van der Waals surface area contributed by atoms with Crippen molar-refractivity contribution in [3.05, 3.63) is 23.3 Å². The van der Waals surface area contributed by atoms with Crippen LogP contribution < -0.4 is 5.32 Å². The number of anilines is 1. The van der Waals surface area contributed by atoms with Gasteiger partial charge in [-0.15, -0.1) is 0 Å². The number of rotatable bonds is 4. The highest BCUT2D eigenvalue weighted by Crippen LogP contribution is 2.30. The van der Waals surface area contributed by atoms with Crippen molar-refractivity contribution in [1.29, 1.82) is 0 Å². The van der Waals surface area contributed by atoms with Crippen molar-refractivity contribution in [3.63, 3.8) is 0 Å². The largest absolute Gasteiger partial charge is 0.375 e. The summed E-state index contributed by atoms with van der Waals surface area (Å²) < 4.78 is 87.6. The predicted octanol–water partition coefficient (Wildman–Crippen LogP) is 1.07. The zero-order valence-corrected chi connectivity index (χ0v) is 10.5. The summed E-state index contributed by atoms with van der Waals surface area (Å²) in [5, 5.41) is 1.47. The molecule has 0 saturated heterocycles. The molecule has 0 atom stereocenters. The first-order valence-corrected chi connectivity index (χ1v) is 6.17. The molecule has 6 nitrogen and oxygen atoms in total. The highest BCUT2D eigenvalue weighted by Gasteiger charge is 2.32. The van der Waals surface area contributed by atoms with Gasteiger partial charge < -0.3 is 10.1 Å². The van der Waals surface area contributed by atoms with E-state index in [1.54, 1.807) is 0 Å². The molecule has 0 bridgehead atoms.